The highest BCUT2D eigenvalue weighted by molar-refractivity contribution is 5.82. The van der Waals surface area contributed by atoms with Crippen LogP contribution in [-0.4, -0.2) is 57.5 Å². The SMILES string of the molecule is CCCCCCC(O)CCCCCCC(=O)CCN(O)C(=O)C(N)CO. The number of hydrogen-bond acceptors (Lipinski definition) is 6. The van der Waals surface area contributed by atoms with Crippen molar-refractivity contribution >= 4 is 11.7 Å². The van der Waals surface area contributed by atoms with Gasteiger partial charge < -0.3 is 15.9 Å². The van der Waals surface area contributed by atoms with Crippen LogP contribution in [-0.2, 0) is 9.59 Å². The minimum atomic E-state index is -1.16. The van der Waals surface area contributed by atoms with Gasteiger partial charge in [-0.25, -0.2) is 5.06 Å². The largest absolute Gasteiger partial charge is 0.394 e. The summed E-state index contributed by atoms with van der Waals surface area (Å²) < 4.78 is 0. The maximum Gasteiger partial charge on any atom is 0.265 e. The van der Waals surface area contributed by atoms with Crippen LogP contribution in [0.3, 0.4) is 0 Å². The van der Waals surface area contributed by atoms with Gasteiger partial charge in [-0.15, -0.1) is 0 Å². The van der Waals surface area contributed by atoms with Crippen LogP contribution in [0.2, 0.25) is 0 Å². The van der Waals surface area contributed by atoms with Gasteiger partial charge in [0.05, 0.1) is 19.3 Å². The molecule has 26 heavy (non-hydrogen) atoms. The highest BCUT2D eigenvalue weighted by Gasteiger charge is 2.19. The van der Waals surface area contributed by atoms with Crippen molar-refractivity contribution < 1.29 is 25.0 Å². The van der Waals surface area contributed by atoms with Crippen molar-refractivity contribution in [1.82, 2.24) is 5.06 Å². The molecular weight excluding hydrogens is 336 g/mol. The molecule has 2 unspecified atom stereocenters. The summed E-state index contributed by atoms with van der Waals surface area (Å²) in [5, 5.41) is 28.5. The van der Waals surface area contributed by atoms with E-state index < -0.39 is 18.6 Å². The summed E-state index contributed by atoms with van der Waals surface area (Å²) in [5.41, 5.74) is 5.31. The highest BCUT2D eigenvalue weighted by atomic mass is 16.5. The lowest BCUT2D eigenvalue weighted by molar-refractivity contribution is -0.168. The molecule has 0 spiro atoms. The van der Waals surface area contributed by atoms with E-state index in [0.29, 0.717) is 11.5 Å². The van der Waals surface area contributed by atoms with E-state index in [0.717, 1.165) is 44.9 Å². The number of aliphatic hydroxyl groups is 2. The molecule has 0 aliphatic heterocycles. The van der Waals surface area contributed by atoms with E-state index in [1.54, 1.807) is 0 Å². The molecule has 0 saturated heterocycles. The van der Waals surface area contributed by atoms with E-state index >= 15 is 0 Å². The lowest BCUT2D eigenvalue weighted by Gasteiger charge is -2.17. The first kappa shape index (κ1) is 25.0. The summed E-state index contributed by atoms with van der Waals surface area (Å²) in [4.78, 5) is 23.2. The third kappa shape index (κ3) is 13.2. The number of rotatable bonds is 17. The van der Waals surface area contributed by atoms with Crippen LogP contribution in [0.25, 0.3) is 0 Å². The number of carbonyl (C=O) groups excluding carboxylic acids is 2. The summed E-state index contributed by atoms with van der Waals surface area (Å²) in [7, 11) is 0. The van der Waals surface area contributed by atoms with Crippen LogP contribution in [0.4, 0.5) is 0 Å². The van der Waals surface area contributed by atoms with Crippen molar-refractivity contribution in [2.24, 2.45) is 5.73 Å². The first-order chi connectivity index (χ1) is 12.4. The van der Waals surface area contributed by atoms with Crippen LogP contribution in [0.1, 0.15) is 84.0 Å². The maximum absolute atomic E-state index is 11.8. The Morgan fingerprint density at radius 3 is 2.12 bits per heavy atom. The van der Waals surface area contributed by atoms with Crippen molar-refractivity contribution in [3.05, 3.63) is 0 Å². The Bertz CT molecular complexity index is 379. The van der Waals surface area contributed by atoms with Crippen LogP contribution < -0.4 is 5.73 Å². The zero-order chi connectivity index (χ0) is 19.8. The van der Waals surface area contributed by atoms with Gasteiger partial charge in [-0.05, 0) is 19.3 Å². The fourth-order valence-corrected chi connectivity index (χ4v) is 2.74. The fourth-order valence-electron chi connectivity index (χ4n) is 2.74. The lowest BCUT2D eigenvalue weighted by Crippen LogP contribution is -2.44. The fraction of sp³-hybridized carbons (Fsp3) is 0.895. The highest BCUT2D eigenvalue weighted by Crippen LogP contribution is 2.13. The molecule has 7 heteroatoms. The number of ketones is 1. The standard InChI is InChI=1S/C19H38N2O5/c1-2-3-4-7-10-16(23)11-8-5-6-9-12-17(24)13-14-21(26)19(25)18(20)15-22/h16,18,22-23,26H,2-15,20H2,1H3. The van der Waals surface area contributed by atoms with Gasteiger partial charge in [-0.3, -0.25) is 14.8 Å². The summed E-state index contributed by atoms with van der Waals surface area (Å²) in [6.07, 6.45) is 10.4. The number of amides is 1. The summed E-state index contributed by atoms with van der Waals surface area (Å²) in [6, 6.07) is -1.16. The number of hydrogen-bond donors (Lipinski definition) is 4. The van der Waals surface area contributed by atoms with Crippen molar-refractivity contribution in [3.8, 4) is 0 Å². The van der Waals surface area contributed by atoms with Crippen LogP contribution in [0, 0.1) is 0 Å². The normalized spacial score (nSPS) is 13.4. The molecule has 0 bridgehead atoms. The van der Waals surface area contributed by atoms with E-state index in [1.807, 2.05) is 0 Å². The predicted octanol–water partition coefficient (Wildman–Crippen LogP) is 2.15. The molecule has 0 aliphatic rings. The van der Waals surface area contributed by atoms with E-state index in [9.17, 15) is 19.9 Å². The van der Waals surface area contributed by atoms with Gasteiger partial charge in [0.25, 0.3) is 5.91 Å². The molecule has 0 heterocycles. The molecule has 5 N–H and O–H groups in total. The van der Waals surface area contributed by atoms with Crippen LogP contribution >= 0.6 is 0 Å². The molecule has 0 fully saturated rings. The molecule has 0 saturated carbocycles. The third-order valence-electron chi connectivity index (χ3n) is 4.50. The van der Waals surface area contributed by atoms with E-state index in [-0.39, 0.29) is 24.9 Å². The second-order valence-electron chi connectivity index (χ2n) is 7.00. The number of hydroxylamine groups is 2. The number of aliphatic hydroxyl groups excluding tert-OH is 2. The summed E-state index contributed by atoms with van der Waals surface area (Å²) in [5.74, 6) is -0.793. The van der Waals surface area contributed by atoms with Gasteiger partial charge in [-0.2, -0.15) is 0 Å². The molecule has 2 atom stereocenters. The average molecular weight is 375 g/mol. The zero-order valence-corrected chi connectivity index (χ0v) is 16.2. The number of nitrogens with two attached hydrogens (primary N) is 1. The van der Waals surface area contributed by atoms with Crippen LogP contribution in [0.15, 0.2) is 0 Å². The quantitative estimate of drug-likeness (QED) is 0.176. The molecule has 0 rings (SSSR count). The minimum Gasteiger partial charge on any atom is -0.394 e. The summed E-state index contributed by atoms with van der Waals surface area (Å²) >= 11 is 0. The van der Waals surface area contributed by atoms with Crippen molar-refractivity contribution in [2.75, 3.05) is 13.2 Å². The molecule has 0 radical (unpaired) electrons. The van der Waals surface area contributed by atoms with Gasteiger partial charge in [0.1, 0.15) is 11.8 Å². The zero-order valence-electron chi connectivity index (χ0n) is 16.2. The second kappa shape index (κ2) is 16.2. The van der Waals surface area contributed by atoms with Gasteiger partial charge in [0, 0.05) is 12.8 Å². The lowest BCUT2D eigenvalue weighted by atomic mass is 10.0. The number of nitrogens with zero attached hydrogens (tertiary/aromatic N) is 1. The average Bonchev–Trinajstić information content (AvgIpc) is 2.64. The Labute approximate surface area is 157 Å². The molecule has 0 aromatic carbocycles. The molecule has 154 valence electrons. The Hall–Kier alpha value is -1.02. The molecular formula is C19H38N2O5. The smallest absolute Gasteiger partial charge is 0.265 e. The van der Waals surface area contributed by atoms with Crippen LogP contribution in [0.5, 0.6) is 0 Å². The van der Waals surface area contributed by atoms with E-state index in [4.69, 9.17) is 10.8 Å². The number of carbonyl (C=O) groups is 2. The summed E-state index contributed by atoms with van der Waals surface area (Å²) in [6.45, 7) is 1.53. The topological polar surface area (TPSA) is 124 Å². The van der Waals surface area contributed by atoms with E-state index in [2.05, 4.69) is 6.92 Å². The predicted molar refractivity (Wildman–Crippen MR) is 101 cm³/mol. The number of unbranched alkanes of at least 4 members (excludes halogenated alkanes) is 6. The maximum atomic E-state index is 11.8. The van der Waals surface area contributed by atoms with Gasteiger partial charge in [0.2, 0.25) is 0 Å². The van der Waals surface area contributed by atoms with Gasteiger partial charge >= 0.3 is 0 Å². The molecule has 7 nitrogen and oxygen atoms in total. The van der Waals surface area contributed by atoms with Gasteiger partial charge in [0.15, 0.2) is 0 Å². The monoisotopic (exact) mass is 374 g/mol. The first-order valence-corrected chi connectivity index (χ1v) is 9.98. The third-order valence-corrected chi connectivity index (χ3v) is 4.50. The first-order valence-electron chi connectivity index (χ1n) is 9.98. The Kier molecular flexibility index (Phi) is 15.5. The minimum absolute atomic E-state index is 0.00891. The van der Waals surface area contributed by atoms with Crippen molar-refractivity contribution in [1.29, 1.82) is 0 Å². The van der Waals surface area contributed by atoms with E-state index in [1.165, 1.54) is 19.3 Å². The van der Waals surface area contributed by atoms with Gasteiger partial charge in [-0.1, -0.05) is 51.9 Å². The Morgan fingerprint density at radius 2 is 1.54 bits per heavy atom. The Balaban J connectivity index is 3.58. The van der Waals surface area contributed by atoms with Crippen molar-refractivity contribution in [3.63, 3.8) is 0 Å². The molecule has 0 aromatic rings. The molecule has 0 aromatic heterocycles. The number of Topliss-reactive ketones (excluding diaryl/α,β-unsaturated/α-hetero) is 1. The Morgan fingerprint density at radius 1 is 0.962 bits per heavy atom. The molecule has 0 aliphatic carbocycles. The molecule has 1 amide bonds. The van der Waals surface area contributed by atoms with Crippen molar-refractivity contribution in [2.45, 2.75) is 96.1 Å². The second-order valence-corrected chi connectivity index (χ2v) is 7.00.